The number of imidazole rings is 1. The van der Waals surface area contributed by atoms with E-state index in [0.717, 1.165) is 48.5 Å². The molecule has 0 bridgehead atoms. The first kappa shape index (κ1) is 19.1. The third-order valence-corrected chi connectivity index (χ3v) is 4.29. The Morgan fingerprint density at radius 3 is 2.93 bits per heavy atom. The third kappa shape index (κ3) is 4.93. The van der Waals surface area contributed by atoms with Crippen molar-refractivity contribution in [3.8, 4) is 11.5 Å². The molecule has 0 saturated heterocycles. The smallest absolute Gasteiger partial charge is 0.231 e. The molecule has 27 heavy (non-hydrogen) atoms. The van der Waals surface area contributed by atoms with Crippen molar-refractivity contribution in [1.82, 2.24) is 19.8 Å². The summed E-state index contributed by atoms with van der Waals surface area (Å²) in [4.78, 5) is 11.4. The van der Waals surface area contributed by atoms with Gasteiger partial charge in [-0.25, -0.2) is 9.98 Å². The standard InChI is InChI=1S/C20H29N5O2/c1-5-21-20(23-11-19-22-8-9-25(19)12-15(2)3)24(4)13-16-6-7-17-18(10-16)27-14-26-17/h6-10,15H,5,11-14H2,1-4H3,(H,21,23). The van der Waals surface area contributed by atoms with Crippen LogP contribution in [0.1, 0.15) is 32.2 Å². The number of nitrogens with one attached hydrogen (secondary N) is 1. The maximum absolute atomic E-state index is 5.47. The molecule has 0 amide bonds. The monoisotopic (exact) mass is 371 g/mol. The second kappa shape index (κ2) is 8.79. The van der Waals surface area contributed by atoms with Crippen LogP contribution in [0.3, 0.4) is 0 Å². The summed E-state index contributed by atoms with van der Waals surface area (Å²) in [6, 6.07) is 6.04. The molecule has 146 valence electrons. The van der Waals surface area contributed by atoms with Crippen molar-refractivity contribution in [2.45, 2.75) is 40.4 Å². The number of ether oxygens (including phenoxy) is 2. The highest BCUT2D eigenvalue weighted by molar-refractivity contribution is 5.79. The molecule has 0 aliphatic carbocycles. The molecule has 0 atom stereocenters. The zero-order valence-electron chi connectivity index (χ0n) is 16.6. The highest BCUT2D eigenvalue weighted by Gasteiger charge is 2.15. The minimum atomic E-state index is 0.293. The van der Waals surface area contributed by atoms with Gasteiger partial charge < -0.3 is 24.3 Å². The molecule has 3 rings (SSSR count). The number of aromatic nitrogens is 2. The van der Waals surface area contributed by atoms with E-state index in [-0.39, 0.29) is 0 Å². The van der Waals surface area contributed by atoms with Crippen molar-refractivity contribution in [2.24, 2.45) is 10.9 Å². The van der Waals surface area contributed by atoms with Crippen LogP contribution >= 0.6 is 0 Å². The maximum Gasteiger partial charge on any atom is 0.231 e. The van der Waals surface area contributed by atoms with Gasteiger partial charge in [0, 0.05) is 39.1 Å². The largest absolute Gasteiger partial charge is 0.454 e. The second-order valence-corrected chi connectivity index (χ2v) is 7.10. The van der Waals surface area contributed by atoms with E-state index >= 15 is 0 Å². The first-order valence-corrected chi connectivity index (χ1v) is 9.44. The molecule has 2 heterocycles. The topological polar surface area (TPSA) is 63.9 Å². The first-order valence-electron chi connectivity index (χ1n) is 9.44. The summed E-state index contributed by atoms with van der Waals surface area (Å²) in [5, 5.41) is 3.36. The molecule has 0 fully saturated rings. The van der Waals surface area contributed by atoms with Crippen LogP contribution in [0.2, 0.25) is 0 Å². The lowest BCUT2D eigenvalue weighted by Gasteiger charge is -2.22. The Bertz CT molecular complexity index is 784. The van der Waals surface area contributed by atoms with Crippen molar-refractivity contribution in [1.29, 1.82) is 0 Å². The lowest BCUT2D eigenvalue weighted by atomic mass is 10.2. The average Bonchev–Trinajstić information content (AvgIpc) is 3.26. The van der Waals surface area contributed by atoms with Crippen LogP contribution in [0.15, 0.2) is 35.6 Å². The highest BCUT2D eigenvalue weighted by Crippen LogP contribution is 2.32. The van der Waals surface area contributed by atoms with Gasteiger partial charge >= 0.3 is 0 Å². The quantitative estimate of drug-likeness (QED) is 0.599. The fourth-order valence-electron chi connectivity index (χ4n) is 3.05. The Morgan fingerprint density at radius 2 is 2.15 bits per heavy atom. The third-order valence-electron chi connectivity index (χ3n) is 4.29. The Labute approximate surface area is 161 Å². The van der Waals surface area contributed by atoms with E-state index in [2.05, 4.69) is 46.6 Å². The van der Waals surface area contributed by atoms with Crippen molar-refractivity contribution < 1.29 is 9.47 Å². The van der Waals surface area contributed by atoms with Crippen LogP contribution in [0, 0.1) is 5.92 Å². The van der Waals surface area contributed by atoms with Gasteiger partial charge in [0.15, 0.2) is 17.5 Å². The van der Waals surface area contributed by atoms with Crippen molar-refractivity contribution in [3.05, 3.63) is 42.0 Å². The van der Waals surface area contributed by atoms with Crippen molar-refractivity contribution in [2.75, 3.05) is 20.4 Å². The maximum atomic E-state index is 5.47. The summed E-state index contributed by atoms with van der Waals surface area (Å²) in [5.41, 5.74) is 1.15. The Morgan fingerprint density at radius 1 is 1.33 bits per heavy atom. The number of rotatable bonds is 7. The van der Waals surface area contributed by atoms with Gasteiger partial charge in [-0.05, 0) is 30.5 Å². The van der Waals surface area contributed by atoms with Crippen LogP contribution in [-0.4, -0.2) is 40.8 Å². The van der Waals surface area contributed by atoms with Gasteiger partial charge in [0.2, 0.25) is 6.79 Å². The van der Waals surface area contributed by atoms with Gasteiger partial charge in [0.1, 0.15) is 12.4 Å². The van der Waals surface area contributed by atoms with Crippen LogP contribution in [0.25, 0.3) is 0 Å². The van der Waals surface area contributed by atoms with Gasteiger partial charge in [-0.15, -0.1) is 0 Å². The number of nitrogens with zero attached hydrogens (tertiary/aromatic N) is 4. The van der Waals surface area contributed by atoms with Gasteiger partial charge in [-0.2, -0.15) is 0 Å². The van der Waals surface area contributed by atoms with E-state index in [1.807, 2.05) is 31.6 Å². The van der Waals surface area contributed by atoms with E-state index in [9.17, 15) is 0 Å². The summed E-state index contributed by atoms with van der Waals surface area (Å²) >= 11 is 0. The lowest BCUT2D eigenvalue weighted by Crippen LogP contribution is -2.38. The molecule has 1 aliphatic rings. The summed E-state index contributed by atoms with van der Waals surface area (Å²) in [5.74, 6) is 4.02. The minimum absolute atomic E-state index is 0.293. The van der Waals surface area contributed by atoms with Crippen molar-refractivity contribution >= 4 is 5.96 Å². The Kier molecular flexibility index (Phi) is 6.21. The van der Waals surface area contributed by atoms with E-state index in [4.69, 9.17) is 14.5 Å². The summed E-state index contributed by atoms with van der Waals surface area (Å²) in [7, 11) is 2.03. The number of hydrogen-bond acceptors (Lipinski definition) is 4. The van der Waals surface area contributed by atoms with Gasteiger partial charge in [0.05, 0.1) is 0 Å². The second-order valence-electron chi connectivity index (χ2n) is 7.10. The Hall–Kier alpha value is -2.70. The van der Waals surface area contributed by atoms with E-state index in [0.29, 0.717) is 19.3 Å². The molecular formula is C20H29N5O2. The average molecular weight is 371 g/mol. The summed E-state index contributed by atoms with van der Waals surface area (Å²) < 4.78 is 13.0. The predicted molar refractivity (Wildman–Crippen MR) is 106 cm³/mol. The normalized spacial score (nSPS) is 13.3. The molecule has 0 saturated carbocycles. The summed E-state index contributed by atoms with van der Waals surface area (Å²) in [6.45, 7) is 9.81. The molecule has 0 spiro atoms. The van der Waals surface area contributed by atoms with E-state index < -0.39 is 0 Å². The number of hydrogen-bond donors (Lipinski definition) is 1. The van der Waals surface area contributed by atoms with Gasteiger partial charge in [0.25, 0.3) is 0 Å². The molecule has 2 aromatic rings. The molecule has 1 aromatic heterocycles. The van der Waals surface area contributed by atoms with Gasteiger partial charge in [-0.1, -0.05) is 19.9 Å². The predicted octanol–water partition coefficient (Wildman–Crippen LogP) is 2.87. The van der Waals surface area contributed by atoms with Gasteiger partial charge in [-0.3, -0.25) is 0 Å². The fraction of sp³-hybridized carbons (Fsp3) is 0.500. The van der Waals surface area contributed by atoms with Crippen LogP contribution in [0.4, 0.5) is 0 Å². The van der Waals surface area contributed by atoms with E-state index in [1.165, 1.54) is 0 Å². The highest BCUT2D eigenvalue weighted by atomic mass is 16.7. The molecular weight excluding hydrogens is 342 g/mol. The molecule has 1 N–H and O–H groups in total. The minimum Gasteiger partial charge on any atom is -0.454 e. The van der Waals surface area contributed by atoms with Crippen LogP contribution in [-0.2, 0) is 19.6 Å². The fourth-order valence-corrected chi connectivity index (χ4v) is 3.05. The van der Waals surface area contributed by atoms with Crippen LogP contribution < -0.4 is 14.8 Å². The molecule has 7 nitrogen and oxygen atoms in total. The number of aliphatic imine (C=N–C) groups is 1. The summed E-state index contributed by atoms with van der Waals surface area (Å²) in [6.07, 6.45) is 3.87. The molecule has 0 radical (unpaired) electrons. The zero-order valence-corrected chi connectivity index (χ0v) is 16.6. The first-order chi connectivity index (χ1) is 13.1. The molecule has 0 unspecified atom stereocenters. The number of fused-ring (bicyclic) bond motifs is 1. The Balaban J connectivity index is 1.68. The lowest BCUT2D eigenvalue weighted by molar-refractivity contribution is 0.174. The number of guanidine groups is 1. The SMILES string of the molecule is CCNC(=NCc1nccn1CC(C)C)N(C)Cc1ccc2c(c1)OCO2. The zero-order chi connectivity index (χ0) is 19.2. The van der Waals surface area contributed by atoms with Crippen molar-refractivity contribution in [3.63, 3.8) is 0 Å². The molecule has 7 heteroatoms. The number of benzene rings is 1. The van der Waals surface area contributed by atoms with Crippen LogP contribution in [0.5, 0.6) is 11.5 Å². The molecule has 1 aliphatic heterocycles. The van der Waals surface area contributed by atoms with E-state index in [1.54, 1.807) is 0 Å². The molecule has 1 aromatic carbocycles.